The lowest BCUT2D eigenvalue weighted by Crippen LogP contribution is -2.51. The van der Waals surface area contributed by atoms with E-state index < -0.39 is 22.5 Å². The number of piperazine rings is 1. The van der Waals surface area contributed by atoms with Crippen molar-refractivity contribution in [2.75, 3.05) is 44.2 Å². The van der Waals surface area contributed by atoms with E-state index in [1.54, 1.807) is 37.3 Å². The number of nitrogens with one attached hydrogen (secondary N) is 1. The van der Waals surface area contributed by atoms with Gasteiger partial charge in [-0.25, -0.2) is 17.9 Å². The van der Waals surface area contributed by atoms with E-state index in [0.29, 0.717) is 42.6 Å². The predicted molar refractivity (Wildman–Crippen MR) is 131 cm³/mol. The van der Waals surface area contributed by atoms with Gasteiger partial charge in [-0.05, 0) is 45.4 Å². The van der Waals surface area contributed by atoms with Gasteiger partial charge in [0.1, 0.15) is 10.5 Å². The Balaban J connectivity index is 1.68. The Morgan fingerprint density at radius 3 is 2.35 bits per heavy atom. The Kier molecular flexibility index (Phi) is 7.95. The number of aryl methyl sites for hydroxylation is 1. The third-order valence-electron chi connectivity index (χ3n) is 6.23. The van der Waals surface area contributed by atoms with Gasteiger partial charge in [0.2, 0.25) is 15.9 Å². The quantitative estimate of drug-likeness (QED) is 0.574. The molecular weight excluding hydrogens is 480 g/mol. The zero-order valence-electron chi connectivity index (χ0n) is 20.1. The van der Waals surface area contributed by atoms with Crippen LogP contribution in [-0.4, -0.2) is 69.1 Å². The van der Waals surface area contributed by atoms with Gasteiger partial charge in [-0.1, -0.05) is 17.7 Å². The second-order valence-corrected chi connectivity index (χ2v) is 10.4. The monoisotopic (exact) mass is 510 g/mol. The number of rotatable bonds is 7. The molecule has 11 heteroatoms. The largest absolute Gasteiger partial charge is 0.462 e. The van der Waals surface area contributed by atoms with Crippen molar-refractivity contribution in [2.45, 2.75) is 32.6 Å². The van der Waals surface area contributed by atoms with E-state index in [-0.39, 0.29) is 23.0 Å². The zero-order valence-corrected chi connectivity index (χ0v) is 21.7. The zero-order chi connectivity index (χ0) is 25.2. The van der Waals surface area contributed by atoms with Gasteiger partial charge in [0.15, 0.2) is 0 Å². The first-order valence-corrected chi connectivity index (χ1v) is 13.0. The van der Waals surface area contributed by atoms with Crippen LogP contribution in [0.3, 0.4) is 0 Å². The molecule has 3 rings (SSSR count). The van der Waals surface area contributed by atoms with Gasteiger partial charge in [0.25, 0.3) is 0 Å². The van der Waals surface area contributed by atoms with Crippen molar-refractivity contribution < 1.29 is 22.7 Å². The molecule has 0 saturated carbocycles. The number of amides is 1. The van der Waals surface area contributed by atoms with Crippen molar-refractivity contribution in [1.82, 2.24) is 14.2 Å². The third kappa shape index (κ3) is 5.24. The fourth-order valence-electron chi connectivity index (χ4n) is 4.15. The highest BCUT2D eigenvalue weighted by Gasteiger charge is 2.32. The summed E-state index contributed by atoms with van der Waals surface area (Å²) in [5.41, 5.74) is 3.00. The van der Waals surface area contributed by atoms with Crippen LogP contribution in [0.15, 0.2) is 23.1 Å². The lowest BCUT2D eigenvalue weighted by Gasteiger charge is -2.37. The van der Waals surface area contributed by atoms with Gasteiger partial charge >= 0.3 is 5.97 Å². The van der Waals surface area contributed by atoms with E-state index in [4.69, 9.17) is 16.3 Å². The van der Waals surface area contributed by atoms with Gasteiger partial charge < -0.3 is 19.1 Å². The Morgan fingerprint density at radius 1 is 1.09 bits per heavy atom. The summed E-state index contributed by atoms with van der Waals surface area (Å²) in [5, 5.41) is 0.655. The van der Waals surface area contributed by atoms with Crippen molar-refractivity contribution in [2.24, 2.45) is 7.05 Å². The molecule has 0 bridgehead atoms. The third-order valence-corrected chi connectivity index (χ3v) is 8.03. The minimum absolute atomic E-state index is 0.00712. The molecule has 0 radical (unpaired) electrons. The van der Waals surface area contributed by atoms with E-state index in [9.17, 15) is 18.0 Å². The first-order valence-electron chi connectivity index (χ1n) is 11.1. The molecule has 1 aliphatic heterocycles. The van der Waals surface area contributed by atoms with Crippen LogP contribution < -0.4 is 9.62 Å². The highest BCUT2D eigenvalue weighted by molar-refractivity contribution is 7.89. The number of aromatic nitrogens is 1. The molecule has 9 nitrogen and oxygen atoms in total. The van der Waals surface area contributed by atoms with Crippen LogP contribution in [0, 0.1) is 20.8 Å². The second-order valence-electron chi connectivity index (χ2n) is 8.28. The fraction of sp³-hybridized carbons (Fsp3) is 0.478. The number of carbonyl (C=O) groups excluding carboxylic acids is 2. The van der Waals surface area contributed by atoms with Crippen molar-refractivity contribution in [1.29, 1.82) is 0 Å². The van der Waals surface area contributed by atoms with E-state index >= 15 is 0 Å². The maximum Gasteiger partial charge on any atom is 0.341 e. The van der Waals surface area contributed by atoms with Crippen LogP contribution in [0.1, 0.15) is 34.2 Å². The molecule has 2 heterocycles. The average molecular weight is 511 g/mol. The maximum absolute atomic E-state index is 13.1. The molecule has 2 aromatic rings. The number of carbonyl (C=O) groups is 2. The van der Waals surface area contributed by atoms with Gasteiger partial charge in [-0.2, -0.15) is 0 Å². The summed E-state index contributed by atoms with van der Waals surface area (Å²) < 4.78 is 35.3. The summed E-state index contributed by atoms with van der Waals surface area (Å²) in [6, 6.07) is 5.71. The summed E-state index contributed by atoms with van der Waals surface area (Å²) in [5.74, 6) is -1.03. The summed E-state index contributed by atoms with van der Waals surface area (Å²) in [4.78, 5) is 28.9. The Hall–Kier alpha value is -2.56. The van der Waals surface area contributed by atoms with E-state index in [0.717, 1.165) is 11.3 Å². The molecule has 186 valence electrons. The summed E-state index contributed by atoms with van der Waals surface area (Å²) in [7, 11) is -2.45. The second kappa shape index (κ2) is 10.4. The normalized spacial score (nSPS) is 14.4. The topological polar surface area (TPSA) is 101 Å². The number of ether oxygens (including phenoxy) is 1. The SMILES string of the molecule is CCOC(=O)c1c(S(=O)(=O)NCC(=O)N2CCN(c3cc(Cl)ccc3C)CC2)c(C)n(C)c1C. The van der Waals surface area contributed by atoms with Crippen molar-refractivity contribution in [3.05, 3.63) is 45.7 Å². The lowest BCUT2D eigenvalue weighted by molar-refractivity contribution is -0.130. The van der Waals surface area contributed by atoms with Crippen molar-refractivity contribution >= 4 is 39.2 Å². The molecule has 34 heavy (non-hydrogen) atoms. The van der Waals surface area contributed by atoms with Gasteiger partial charge in [0.05, 0.1) is 13.2 Å². The van der Waals surface area contributed by atoms with Crippen molar-refractivity contribution in [3.8, 4) is 0 Å². The molecule has 0 aliphatic carbocycles. The number of esters is 1. The standard InChI is InChI=1S/C23H31ClN4O5S/c1-6-33-23(30)21-16(3)26(5)17(4)22(21)34(31,32)25-14-20(29)28-11-9-27(10-12-28)19-13-18(24)8-7-15(19)2/h7-8,13,25H,6,9-12,14H2,1-5H3. The van der Waals surface area contributed by atoms with Crippen LogP contribution in [0.4, 0.5) is 5.69 Å². The molecule has 1 saturated heterocycles. The average Bonchev–Trinajstić information content (AvgIpc) is 3.04. The van der Waals surface area contributed by atoms with E-state index in [1.165, 1.54) is 0 Å². The molecule has 1 aromatic heterocycles. The molecule has 1 aromatic carbocycles. The van der Waals surface area contributed by atoms with Gasteiger partial charge in [-0.15, -0.1) is 0 Å². The van der Waals surface area contributed by atoms with Crippen LogP contribution in [0.25, 0.3) is 0 Å². The lowest BCUT2D eigenvalue weighted by atomic mass is 10.1. The summed E-state index contributed by atoms with van der Waals surface area (Å²) in [6.07, 6.45) is 0. The molecule has 0 spiro atoms. The van der Waals surface area contributed by atoms with Crippen LogP contribution in [-0.2, 0) is 26.6 Å². The number of sulfonamides is 1. The number of hydrogen-bond acceptors (Lipinski definition) is 6. The maximum atomic E-state index is 13.1. The van der Waals surface area contributed by atoms with E-state index in [1.807, 2.05) is 25.1 Å². The molecule has 1 amide bonds. The molecule has 1 fully saturated rings. The summed E-state index contributed by atoms with van der Waals surface area (Å²) >= 11 is 6.13. The Bertz CT molecular complexity index is 1200. The molecule has 0 atom stereocenters. The first-order chi connectivity index (χ1) is 16.0. The van der Waals surface area contributed by atoms with Crippen LogP contribution >= 0.6 is 11.6 Å². The smallest absolute Gasteiger partial charge is 0.341 e. The molecule has 1 aliphatic rings. The Labute approximate surface area is 205 Å². The summed E-state index contributed by atoms with van der Waals surface area (Å²) in [6.45, 7) is 8.82. The Morgan fingerprint density at radius 2 is 1.74 bits per heavy atom. The number of hydrogen-bond donors (Lipinski definition) is 1. The van der Waals surface area contributed by atoms with Gasteiger partial charge in [0, 0.05) is 55.3 Å². The minimum Gasteiger partial charge on any atom is -0.462 e. The van der Waals surface area contributed by atoms with Gasteiger partial charge in [-0.3, -0.25) is 4.79 Å². The molecule has 1 N–H and O–H groups in total. The van der Waals surface area contributed by atoms with E-state index in [2.05, 4.69) is 9.62 Å². The number of halogens is 1. The van der Waals surface area contributed by atoms with Crippen molar-refractivity contribution in [3.63, 3.8) is 0 Å². The molecule has 0 unspecified atom stereocenters. The predicted octanol–water partition coefficient (Wildman–Crippen LogP) is 2.41. The number of nitrogens with zero attached hydrogens (tertiary/aromatic N) is 3. The number of anilines is 1. The van der Waals surface area contributed by atoms with Crippen LogP contribution in [0.2, 0.25) is 5.02 Å². The number of benzene rings is 1. The minimum atomic E-state index is -4.13. The van der Waals surface area contributed by atoms with Crippen LogP contribution in [0.5, 0.6) is 0 Å². The first kappa shape index (κ1) is 26.1. The highest BCUT2D eigenvalue weighted by atomic mass is 35.5. The highest BCUT2D eigenvalue weighted by Crippen LogP contribution is 2.27. The fourth-order valence-corrected chi connectivity index (χ4v) is 5.80. The molecular formula is C23H31ClN4O5S.